The summed E-state index contributed by atoms with van der Waals surface area (Å²) in [5.41, 5.74) is 2.33. The van der Waals surface area contributed by atoms with Gasteiger partial charge in [0.25, 0.3) is 0 Å². The van der Waals surface area contributed by atoms with E-state index in [1.807, 2.05) is 13.0 Å². The van der Waals surface area contributed by atoms with Crippen LogP contribution in [-0.2, 0) is 25.7 Å². The van der Waals surface area contributed by atoms with Gasteiger partial charge in [-0.05, 0) is 78.4 Å². The quantitative estimate of drug-likeness (QED) is 0.208. The molecule has 4 rings (SSSR count). The van der Waals surface area contributed by atoms with Crippen LogP contribution >= 0.6 is 0 Å². The van der Waals surface area contributed by atoms with Crippen molar-refractivity contribution in [3.05, 3.63) is 106 Å². The molecule has 0 N–H and O–H groups in total. The summed E-state index contributed by atoms with van der Waals surface area (Å²) in [5.74, 6) is -2.29. The molecule has 194 valence electrons. The molecule has 0 bridgehead atoms. The van der Waals surface area contributed by atoms with Gasteiger partial charge in [-0.3, -0.25) is 0 Å². The van der Waals surface area contributed by atoms with Crippen molar-refractivity contribution in [3.63, 3.8) is 0 Å². The van der Waals surface area contributed by atoms with Crippen molar-refractivity contribution in [2.75, 3.05) is 6.61 Å². The van der Waals surface area contributed by atoms with E-state index in [1.165, 1.54) is 12.1 Å². The standard InChI is InChI=1S/C29H24F6O2/c1-2-36-23-12-11-20(25(30)17-23)7-3-18-5-13-24-22(15-18)10-9-21(28(24)32)8-4-19-6-14-27(26(31)16-19)37-29(33,34)35/h5-6,9-17H,2-4,7-8H2,1H3. The highest BCUT2D eigenvalue weighted by atomic mass is 19.4. The highest BCUT2D eigenvalue weighted by Crippen LogP contribution is 2.28. The van der Waals surface area contributed by atoms with Crippen molar-refractivity contribution in [1.82, 2.24) is 0 Å². The van der Waals surface area contributed by atoms with Gasteiger partial charge in [-0.2, -0.15) is 0 Å². The number of rotatable bonds is 9. The molecule has 0 atom stereocenters. The van der Waals surface area contributed by atoms with Gasteiger partial charge < -0.3 is 9.47 Å². The van der Waals surface area contributed by atoms with Gasteiger partial charge in [0.1, 0.15) is 17.4 Å². The molecule has 0 aliphatic carbocycles. The Morgan fingerprint density at radius 3 is 2.03 bits per heavy atom. The van der Waals surface area contributed by atoms with E-state index in [4.69, 9.17) is 4.74 Å². The molecule has 0 aliphatic heterocycles. The normalized spacial score (nSPS) is 11.6. The smallest absolute Gasteiger partial charge is 0.494 e. The molecule has 0 saturated carbocycles. The summed E-state index contributed by atoms with van der Waals surface area (Å²) in [6.45, 7) is 2.29. The van der Waals surface area contributed by atoms with Crippen molar-refractivity contribution in [2.45, 2.75) is 39.0 Å². The Kier molecular flexibility index (Phi) is 7.95. The molecule has 0 aliphatic rings. The third kappa shape index (κ3) is 6.76. The first-order valence-electron chi connectivity index (χ1n) is 11.8. The SMILES string of the molecule is CCOc1ccc(CCc2ccc3c(F)c(CCc4ccc(OC(F)(F)F)c(F)c4)ccc3c2)c(F)c1. The summed E-state index contributed by atoms with van der Waals surface area (Å²) in [4.78, 5) is 0. The predicted octanol–water partition coefficient (Wildman–Crippen LogP) is 8.12. The van der Waals surface area contributed by atoms with Gasteiger partial charge in [-0.15, -0.1) is 13.2 Å². The van der Waals surface area contributed by atoms with Gasteiger partial charge in [-0.25, -0.2) is 13.2 Å². The zero-order chi connectivity index (χ0) is 26.6. The molecule has 8 heteroatoms. The number of ether oxygens (including phenoxy) is 2. The van der Waals surface area contributed by atoms with Crippen LogP contribution in [0.5, 0.6) is 11.5 Å². The monoisotopic (exact) mass is 518 g/mol. The number of alkyl halides is 3. The summed E-state index contributed by atoms with van der Waals surface area (Å²) in [7, 11) is 0. The molecule has 4 aromatic rings. The number of hydrogen-bond donors (Lipinski definition) is 0. The zero-order valence-corrected chi connectivity index (χ0v) is 20.0. The second-order valence-electron chi connectivity index (χ2n) is 8.59. The van der Waals surface area contributed by atoms with Crippen molar-refractivity contribution in [3.8, 4) is 11.5 Å². The maximum atomic E-state index is 15.2. The van der Waals surface area contributed by atoms with Gasteiger partial charge >= 0.3 is 6.36 Å². The fraction of sp³-hybridized carbons (Fsp3) is 0.241. The van der Waals surface area contributed by atoms with Gasteiger partial charge in [-0.1, -0.05) is 42.5 Å². The van der Waals surface area contributed by atoms with Crippen molar-refractivity contribution in [2.24, 2.45) is 0 Å². The molecule has 0 heterocycles. The van der Waals surface area contributed by atoms with Crippen LogP contribution in [0.15, 0.2) is 66.7 Å². The van der Waals surface area contributed by atoms with Crippen LogP contribution < -0.4 is 9.47 Å². The maximum Gasteiger partial charge on any atom is 0.573 e. The van der Waals surface area contributed by atoms with Crippen molar-refractivity contribution >= 4 is 10.8 Å². The summed E-state index contributed by atoms with van der Waals surface area (Å²) in [6, 6.07) is 16.8. The zero-order valence-electron chi connectivity index (χ0n) is 20.0. The number of halogens is 6. The molecule has 37 heavy (non-hydrogen) atoms. The van der Waals surface area contributed by atoms with Gasteiger partial charge in [0.05, 0.1) is 6.61 Å². The van der Waals surface area contributed by atoms with Gasteiger partial charge in [0.2, 0.25) is 0 Å². The minimum Gasteiger partial charge on any atom is -0.494 e. The van der Waals surface area contributed by atoms with Crippen LogP contribution in [0.1, 0.15) is 29.2 Å². The highest BCUT2D eigenvalue weighted by Gasteiger charge is 2.32. The second-order valence-corrected chi connectivity index (χ2v) is 8.59. The van der Waals surface area contributed by atoms with Crippen molar-refractivity contribution in [1.29, 1.82) is 0 Å². The molecule has 0 unspecified atom stereocenters. The molecule has 0 radical (unpaired) electrons. The van der Waals surface area contributed by atoms with E-state index in [-0.39, 0.29) is 18.7 Å². The Morgan fingerprint density at radius 2 is 1.35 bits per heavy atom. The molecule has 0 spiro atoms. The Labute approximate surface area is 210 Å². The van der Waals surface area contributed by atoms with Crippen LogP contribution in [0.3, 0.4) is 0 Å². The van der Waals surface area contributed by atoms with Crippen LogP contribution in [0, 0.1) is 17.5 Å². The van der Waals surface area contributed by atoms with E-state index in [0.717, 1.165) is 17.7 Å². The molecular formula is C29H24F6O2. The minimum atomic E-state index is -4.98. The lowest BCUT2D eigenvalue weighted by Crippen LogP contribution is -2.18. The lowest BCUT2D eigenvalue weighted by Gasteiger charge is -2.11. The average Bonchev–Trinajstić information content (AvgIpc) is 2.84. The first kappa shape index (κ1) is 26.4. The molecule has 0 fully saturated rings. The summed E-state index contributed by atoms with van der Waals surface area (Å²) in [5, 5.41) is 1.12. The molecule has 4 aromatic carbocycles. The minimum absolute atomic E-state index is 0.234. The summed E-state index contributed by atoms with van der Waals surface area (Å²) < 4.78 is 89.3. The van der Waals surface area contributed by atoms with E-state index >= 15 is 4.39 Å². The highest BCUT2D eigenvalue weighted by molar-refractivity contribution is 5.84. The number of aryl methyl sites for hydroxylation is 4. The first-order valence-corrected chi connectivity index (χ1v) is 11.8. The molecule has 2 nitrogen and oxygen atoms in total. The topological polar surface area (TPSA) is 18.5 Å². The van der Waals surface area contributed by atoms with E-state index in [1.54, 1.807) is 36.4 Å². The predicted molar refractivity (Wildman–Crippen MR) is 129 cm³/mol. The van der Waals surface area contributed by atoms with Gasteiger partial charge in [0.15, 0.2) is 11.6 Å². The largest absolute Gasteiger partial charge is 0.573 e. The fourth-order valence-electron chi connectivity index (χ4n) is 4.19. The number of fused-ring (bicyclic) bond motifs is 1. The van der Waals surface area contributed by atoms with Gasteiger partial charge in [0, 0.05) is 11.5 Å². The van der Waals surface area contributed by atoms with Crippen LogP contribution in [-0.4, -0.2) is 13.0 Å². The van der Waals surface area contributed by atoms with E-state index in [2.05, 4.69) is 4.74 Å². The maximum absolute atomic E-state index is 15.2. The Morgan fingerprint density at radius 1 is 0.676 bits per heavy atom. The fourth-order valence-corrected chi connectivity index (χ4v) is 4.19. The van der Waals surface area contributed by atoms with Crippen LogP contribution in [0.25, 0.3) is 10.8 Å². The number of hydrogen-bond acceptors (Lipinski definition) is 2. The Balaban J connectivity index is 1.42. The summed E-state index contributed by atoms with van der Waals surface area (Å²) >= 11 is 0. The average molecular weight is 518 g/mol. The van der Waals surface area contributed by atoms with Crippen LogP contribution in [0.2, 0.25) is 0 Å². The molecule has 0 saturated heterocycles. The lowest BCUT2D eigenvalue weighted by molar-refractivity contribution is -0.275. The van der Waals surface area contributed by atoms with E-state index < -0.39 is 23.7 Å². The third-order valence-corrected chi connectivity index (χ3v) is 6.02. The lowest BCUT2D eigenvalue weighted by atomic mass is 9.97. The first-order chi connectivity index (χ1) is 17.6. The third-order valence-electron chi connectivity index (χ3n) is 6.02. The molecule has 0 aromatic heterocycles. The Hall–Kier alpha value is -3.68. The Bertz CT molecular complexity index is 1400. The molecule has 0 amide bonds. The summed E-state index contributed by atoms with van der Waals surface area (Å²) in [6.07, 6.45) is -3.46. The van der Waals surface area contributed by atoms with E-state index in [9.17, 15) is 22.0 Å². The second kappa shape index (κ2) is 11.2. The molecular weight excluding hydrogens is 494 g/mol. The van der Waals surface area contributed by atoms with Crippen molar-refractivity contribution < 1.29 is 35.8 Å². The van der Waals surface area contributed by atoms with Crippen LogP contribution in [0.4, 0.5) is 26.3 Å². The van der Waals surface area contributed by atoms with E-state index in [0.29, 0.717) is 52.7 Å². The number of benzene rings is 4.